The highest BCUT2D eigenvalue weighted by molar-refractivity contribution is 5.92. The van der Waals surface area contributed by atoms with Crippen LogP contribution in [0.15, 0.2) is 4.52 Å². The van der Waals surface area contributed by atoms with E-state index < -0.39 is 11.9 Å². The molecule has 1 aromatic rings. The van der Waals surface area contributed by atoms with Crippen molar-refractivity contribution in [3.8, 4) is 0 Å². The molecular formula is C15H23NO5. The molecule has 0 atom stereocenters. The molecule has 118 valence electrons. The molecule has 0 radical (unpaired) electrons. The van der Waals surface area contributed by atoms with Crippen molar-refractivity contribution in [2.45, 2.75) is 52.9 Å². The van der Waals surface area contributed by atoms with Crippen LogP contribution in [-0.4, -0.2) is 30.3 Å². The number of esters is 2. The van der Waals surface area contributed by atoms with E-state index in [1.807, 2.05) is 13.8 Å². The molecular weight excluding hydrogens is 274 g/mol. The molecule has 0 bridgehead atoms. The topological polar surface area (TPSA) is 78.6 Å². The zero-order valence-electron chi connectivity index (χ0n) is 12.9. The lowest BCUT2D eigenvalue weighted by molar-refractivity contribution is -0.143. The fourth-order valence-electron chi connectivity index (χ4n) is 1.70. The highest BCUT2D eigenvalue weighted by Gasteiger charge is 2.23. The van der Waals surface area contributed by atoms with E-state index in [0.717, 1.165) is 25.7 Å². The molecule has 0 saturated heterocycles. The van der Waals surface area contributed by atoms with Crippen LogP contribution >= 0.6 is 0 Å². The molecule has 0 saturated carbocycles. The van der Waals surface area contributed by atoms with Crippen molar-refractivity contribution in [2.24, 2.45) is 0 Å². The summed E-state index contributed by atoms with van der Waals surface area (Å²) < 4.78 is 15.2. The number of carbonyl (C=O) groups is 2. The standard InChI is InChI=1S/C15H23NO5/c1-4-6-8-19-13(17)10-12-14(11(3)21-16-12)15(18)20-9-7-5-2/h4-10H2,1-3H3. The summed E-state index contributed by atoms with van der Waals surface area (Å²) in [5, 5.41) is 3.76. The lowest BCUT2D eigenvalue weighted by atomic mass is 10.1. The van der Waals surface area contributed by atoms with Crippen molar-refractivity contribution in [3.05, 3.63) is 17.0 Å². The summed E-state index contributed by atoms with van der Waals surface area (Å²) in [4.78, 5) is 23.7. The lowest BCUT2D eigenvalue weighted by Crippen LogP contribution is -2.14. The molecule has 1 rings (SSSR count). The maximum Gasteiger partial charge on any atom is 0.343 e. The van der Waals surface area contributed by atoms with Crippen LogP contribution < -0.4 is 0 Å². The zero-order valence-corrected chi connectivity index (χ0v) is 12.9. The van der Waals surface area contributed by atoms with Crippen molar-refractivity contribution < 1.29 is 23.6 Å². The van der Waals surface area contributed by atoms with Crippen molar-refractivity contribution in [2.75, 3.05) is 13.2 Å². The predicted molar refractivity (Wildman–Crippen MR) is 76.0 cm³/mol. The number of nitrogens with zero attached hydrogens (tertiary/aromatic N) is 1. The van der Waals surface area contributed by atoms with E-state index in [9.17, 15) is 9.59 Å². The third-order valence-corrected chi connectivity index (χ3v) is 2.94. The van der Waals surface area contributed by atoms with E-state index in [1.54, 1.807) is 6.92 Å². The number of ether oxygens (including phenoxy) is 2. The Labute approximate surface area is 124 Å². The van der Waals surface area contributed by atoms with Crippen LogP contribution in [0, 0.1) is 6.92 Å². The van der Waals surface area contributed by atoms with Crippen molar-refractivity contribution in [1.29, 1.82) is 0 Å². The van der Waals surface area contributed by atoms with Gasteiger partial charge in [-0.05, 0) is 19.8 Å². The average molecular weight is 297 g/mol. The minimum atomic E-state index is -0.501. The molecule has 0 unspecified atom stereocenters. The van der Waals surface area contributed by atoms with Gasteiger partial charge < -0.3 is 14.0 Å². The number of aromatic nitrogens is 1. The van der Waals surface area contributed by atoms with Crippen LogP contribution in [0.2, 0.25) is 0 Å². The number of rotatable bonds is 9. The summed E-state index contributed by atoms with van der Waals surface area (Å²) in [6.07, 6.45) is 3.41. The normalized spacial score (nSPS) is 10.4. The van der Waals surface area contributed by atoms with E-state index in [0.29, 0.717) is 19.0 Å². The van der Waals surface area contributed by atoms with Gasteiger partial charge in [-0.1, -0.05) is 31.8 Å². The Morgan fingerprint density at radius 2 is 1.71 bits per heavy atom. The molecule has 0 aliphatic rings. The van der Waals surface area contributed by atoms with E-state index in [4.69, 9.17) is 14.0 Å². The minimum Gasteiger partial charge on any atom is -0.465 e. The van der Waals surface area contributed by atoms with Crippen LogP contribution in [0.1, 0.15) is 61.3 Å². The van der Waals surface area contributed by atoms with E-state index in [2.05, 4.69) is 5.16 Å². The Balaban J connectivity index is 2.63. The fourth-order valence-corrected chi connectivity index (χ4v) is 1.70. The second-order valence-corrected chi connectivity index (χ2v) is 4.80. The number of hydrogen-bond acceptors (Lipinski definition) is 6. The highest BCUT2D eigenvalue weighted by atomic mass is 16.5. The molecule has 0 aliphatic carbocycles. The van der Waals surface area contributed by atoms with Crippen molar-refractivity contribution in [3.63, 3.8) is 0 Å². The Morgan fingerprint density at radius 3 is 2.33 bits per heavy atom. The second kappa shape index (κ2) is 9.15. The third-order valence-electron chi connectivity index (χ3n) is 2.94. The van der Waals surface area contributed by atoms with Gasteiger partial charge in [-0.25, -0.2) is 4.79 Å². The number of hydrogen-bond donors (Lipinski definition) is 0. The summed E-state index contributed by atoms with van der Waals surface area (Å²) in [6, 6.07) is 0. The quantitative estimate of drug-likeness (QED) is 0.515. The molecule has 0 N–H and O–H groups in total. The molecule has 0 fully saturated rings. The largest absolute Gasteiger partial charge is 0.465 e. The van der Waals surface area contributed by atoms with Crippen LogP contribution in [-0.2, 0) is 20.7 Å². The Morgan fingerprint density at radius 1 is 1.10 bits per heavy atom. The number of aryl methyl sites for hydroxylation is 1. The Hall–Kier alpha value is -1.85. The Kier molecular flexibility index (Phi) is 7.50. The van der Waals surface area contributed by atoms with Crippen LogP contribution in [0.25, 0.3) is 0 Å². The summed E-state index contributed by atoms with van der Waals surface area (Å²) in [5.74, 6) is -0.564. The van der Waals surface area contributed by atoms with Crippen molar-refractivity contribution >= 4 is 11.9 Å². The average Bonchev–Trinajstić information content (AvgIpc) is 2.80. The first kappa shape index (κ1) is 17.2. The Bertz CT molecular complexity index is 467. The van der Waals surface area contributed by atoms with Gasteiger partial charge in [0.05, 0.1) is 19.6 Å². The molecule has 6 heteroatoms. The maximum absolute atomic E-state index is 12.0. The summed E-state index contributed by atoms with van der Waals surface area (Å²) in [5.41, 5.74) is 0.508. The first-order valence-corrected chi connectivity index (χ1v) is 7.38. The summed E-state index contributed by atoms with van der Waals surface area (Å²) in [6.45, 7) is 6.37. The predicted octanol–water partition coefficient (Wildman–Crippen LogP) is 2.83. The fraction of sp³-hybridized carbons (Fsp3) is 0.667. The summed E-state index contributed by atoms with van der Waals surface area (Å²) >= 11 is 0. The smallest absolute Gasteiger partial charge is 0.343 e. The second-order valence-electron chi connectivity index (χ2n) is 4.80. The van der Waals surface area contributed by atoms with Crippen molar-refractivity contribution in [1.82, 2.24) is 5.16 Å². The molecule has 6 nitrogen and oxygen atoms in total. The molecule has 21 heavy (non-hydrogen) atoms. The van der Waals surface area contributed by atoms with Gasteiger partial charge in [-0.2, -0.15) is 0 Å². The molecule has 0 aliphatic heterocycles. The van der Waals surface area contributed by atoms with Gasteiger partial charge in [-0.15, -0.1) is 0 Å². The van der Waals surface area contributed by atoms with Gasteiger partial charge in [0, 0.05) is 0 Å². The minimum absolute atomic E-state index is 0.0841. The SMILES string of the molecule is CCCCOC(=O)Cc1noc(C)c1C(=O)OCCCC. The van der Waals surface area contributed by atoms with Gasteiger partial charge >= 0.3 is 11.9 Å². The van der Waals surface area contributed by atoms with Gasteiger partial charge in [-0.3, -0.25) is 4.79 Å². The third kappa shape index (κ3) is 5.57. The van der Waals surface area contributed by atoms with Crippen LogP contribution in [0.4, 0.5) is 0 Å². The van der Waals surface area contributed by atoms with Crippen LogP contribution in [0.3, 0.4) is 0 Å². The van der Waals surface area contributed by atoms with Gasteiger partial charge in [0.2, 0.25) is 0 Å². The monoisotopic (exact) mass is 297 g/mol. The van der Waals surface area contributed by atoms with E-state index in [1.165, 1.54) is 0 Å². The molecule has 0 spiro atoms. The molecule has 0 amide bonds. The number of carbonyl (C=O) groups excluding carboxylic acids is 2. The lowest BCUT2D eigenvalue weighted by Gasteiger charge is -2.05. The van der Waals surface area contributed by atoms with Gasteiger partial charge in [0.1, 0.15) is 17.0 Å². The first-order chi connectivity index (χ1) is 10.1. The van der Waals surface area contributed by atoms with Gasteiger partial charge in [0.15, 0.2) is 0 Å². The zero-order chi connectivity index (χ0) is 15.7. The molecule has 1 heterocycles. The highest BCUT2D eigenvalue weighted by Crippen LogP contribution is 2.16. The van der Waals surface area contributed by atoms with E-state index in [-0.39, 0.29) is 17.7 Å². The molecule has 0 aromatic carbocycles. The summed E-state index contributed by atoms with van der Waals surface area (Å²) in [7, 11) is 0. The molecule has 1 aromatic heterocycles. The first-order valence-electron chi connectivity index (χ1n) is 7.38. The number of unbranched alkanes of at least 4 members (excludes halogenated alkanes) is 2. The van der Waals surface area contributed by atoms with E-state index >= 15 is 0 Å². The van der Waals surface area contributed by atoms with Crippen LogP contribution in [0.5, 0.6) is 0 Å². The van der Waals surface area contributed by atoms with Gasteiger partial charge in [0.25, 0.3) is 0 Å². The maximum atomic E-state index is 12.0.